The number of nitrogens with two attached hydrogens (primary N) is 1. The van der Waals surface area contributed by atoms with Gasteiger partial charge in [-0.1, -0.05) is 6.42 Å². The summed E-state index contributed by atoms with van der Waals surface area (Å²) in [5.41, 5.74) is 7.60. The maximum absolute atomic E-state index is 13.3. The first-order chi connectivity index (χ1) is 13.4. The number of halogens is 2. The van der Waals surface area contributed by atoms with Gasteiger partial charge in [0, 0.05) is 25.1 Å². The Morgan fingerprint density at radius 3 is 2.61 bits per heavy atom. The minimum Gasteiger partial charge on any atom is -0.397 e. The first-order valence-electron chi connectivity index (χ1n) is 9.36. The average molecular weight is 387 g/mol. The van der Waals surface area contributed by atoms with Gasteiger partial charge in [0.2, 0.25) is 5.91 Å². The summed E-state index contributed by atoms with van der Waals surface area (Å²) in [4.78, 5) is 26.2. The highest BCUT2D eigenvalue weighted by Gasteiger charge is 2.23. The summed E-state index contributed by atoms with van der Waals surface area (Å²) in [7, 11) is 0. The molecular formula is C21H23F2N3O2. The molecule has 1 aliphatic rings. The number of nitrogen functional groups attached to an aromatic ring is 1. The molecule has 2 aromatic carbocycles. The van der Waals surface area contributed by atoms with Crippen LogP contribution in [0.4, 0.5) is 20.2 Å². The van der Waals surface area contributed by atoms with Crippen LogP contribution in [-0.4, -0.2) is 29.8 Å². The number of carbonyl (C=O) groups excluding carboxylic acids is 2. The Kier molecular flexibility index (Phi) is 6.23. The van der Waals surface area contributed by atoms with E-state index in [9.17, 15) is 18.4 Å². The van der Waals surface area contributed by atoms with E-state index in [0.29, 0.717) is 43.6 Å². The molecule has 5 nitrogen and oxygen atoms in total. The zero-order valence-corrected chi connectivity index (χ0v) is 15.5. The summed E-state index contributed by atoms with van der Waals surface area (Å²) in [5.74, 6) is -1.01. The molecule has 0 radical (unpaired) electrons. The molecule has 0 saturated heterocycles. The Labute approximate surface area is 162 Å². The number of hydrogen-bond acceptors (Lipinski definition) is 3. The Balaban J connectivity index is 1.38. The molecule has 0 aliphatic carbocycles. The topological polar surface area (TPSA) is 75.4 Å². The van der Waals surface area contributed by atoms with Gasteiger partial charge in [-0.05, 0) is 61.2 Å². The first kappa shape index (κ1) is 19.8. The highest BCUT2D eigenvalue weighted by atomic mass is 19.1. The number of amides is 2. The zero-order valence-electron chi connectivity index (χ0n) is 15.5. The lowest BCUT2D eigenvalue weighted by Gasteiger charge is -2.28. The highest BCUT2D eigenvalue weighted by Crippen LogP contribution is 2.21. The van der Waals surface area contributed by atoms with Crippen molar-refractivity contribution < 1.29 is 18.4 Å². The van der Waals surface area contributed by atoms with Crippen molar-refractivity contribution in [1.82, 2.24) is 4.90 Å². The lowest BCUT2D eigenvalue weighted by molar-refractivity contribution is -0.116. The molecule has 0 aromatic heterocycles. The Morgan fingerprint density at radius 2 is 1.82 bits per heavy atom. The van der Waals surface area contributed by atoms with Crippen LogP contribution in [-0.2, 0) is 11.2 Å². The van der Waals surface area contributed by atoms with Crippen LogP contribution in [0.5, 0.6) is 0 Å². The lowest BCUT2D eigenvalue weighted by atomic mass is 9.98. The molecule has 3 rings (SSSR count). The minimum absolute atomic E-state index is 0.0641. The fraction of sp³-hybridized carbons (Fsp3) is 0.333. The van der Waals surface area contributed by atoms with Gasteiger partial charge in [0.15, 0.2) is 0 Å². The van der Waals surface area contributed by atoms with Crippen molar-refractivity contribution in [2.45, 2.75) is 32.1 Å². The number of fused-ring (bicyclic) bond motifs is 1. The predicted molar refractivity (Wildman–Crippen MR) is 104 cm³/mol. The summed E-state index contributed by atoms with van der Waals surface area (Å²) in [6, 6.07) is 8.13. The van der Waals surface area contributed by atoms with Gasteiger partial charge in [-0.3, -0.25) is 9.59 Å². The second kappa shape index (κ2) is 8.82. The van der Waals surface area contributed by atoms with E-state index in [1.54, 1.807) is 11.0 Å². The fourth-order valence-electron chi connectivity index (χ4n) is 3.34. The molecule has 0 saturated carbocycles. The number of nitrogens with zero attached hydrogens (tertiary/aromatic N) is 1. The second-order valence-corrected chi connectivity index (χ2v) is 6.93. The third-order valence-electron chi connectivity index (χ3n) is 4.86. The Bertz CT molecular complexity index is 886. The zero-order chi connectivity index (χ0) is 20.1. The normalized spacial score (nSPS) is 13.4. The molecule has 2 amide bonds. The molecule has 7 heteroatoms. The second-order valence-electron chi connectivity index (χ2n) is 6.93. The van der Waals surface area contributed by atoms with Gasteiger partial charge in [-0.25, -0.2) is 8.78 Å². The molecule has 2 aromatic rings. The largest absolute Gasteiger partial charge is 0.397 e. The maximum atomic E-state index is 13.3. The monoisotopic (exact) mass is 387 g/mol. The van der Waals surface area contributed by atoms with Gasteiger partial charge in [-0.2, -0.15) is 0 Å². The molecule has 3 N–H and O–H groups in total. The molecule has 0 spiro atoms. The third-order valence-corrected chi connectivity index (χ3v) is 4.86. The predicted octanol–water partition coefficient (Wildman–Crippen LogP) is 3.74. The van der Waals surface area contributed by atoms with Crippen molar-refractivity contribution in [3.05, 3.63) is 59.2 Å². The molecule has 0 atom stereocenters. The minimum atomic E-state index is -0.449. The highest BCUT2D eigenvalue weighted by molar-refractivity contribution is 5.96. The van der Waals surface area contributed by atoms with Crippen LogP contribution in [0.25, 0.3) is 0 Å². The molecule has 0 unspecified atom stereocenters. The van der Waals surface area contributed by atoms with E-state index in [2.05, 4.69) is 5.32 Å². The Morgan fingerprint density at radius 1 is 1.07 bits per heavy atom. The van der Waals surface area contributed by atoms with Crippen molar-refractivity contribution in [2.24, 2.45) is 0 Å². The SMILES string of the molecule is Nc1cc(F)ccc1NC(=O)CCCCCN1CCc2cc(F)ccc2C1=O. The van der Waals surface area contributed by atoms with Gasteiger partial charge in [-0.15, -0.1) is 0 Å². The van der Waals surface area contributed by atoms with Crippen LogP contribution in [0.3, 0.4) is 0 Å². The first-order valence-corrected chi connectivity index (χ1v) is 9.36. The molecule has 28 heavy (non-hydrogen) atoms. The number of carbonyl (C=O) groups is 2. The van der Waals surface area contributed by atoms with Gasteiger partial charge < -0.3 is 16.0 Å². The van der Waals surface area contributed by atoms with Crippen molar-refractivity contribution >= 4 is 23.2 Å². The number of nitrogens with one attached hydrogen (secondary N) is 1. The molecule has 0 bridgehead atoms. The quantitative estimate of drug-likeness (QED) is 0.561. The van der Waals surface area contributed by atoms with Crippen LogP contribution < -0.4 is 11.1 Å². The number of benzene rings is 2. The molecule has 1 heterocycles. The van der Waals surface area contributed by atoms with E-state index in [1.807, 2.05) is 0 Å². The van der Waals surface area contributed by atoms with E-state index in [4.69, 9.17) is 5.73 Å². The van der Waals surface area contributed by atoms with Gasteiger partial charge in [0.1, 0.15) is 11.6 Å². The van der Waals surface area contributed by atoms with Crippen LogP contribution in [0.2, 0.25) is 0 Å². The summed E-state index contributed by atoms with van der Waals surface area (Å²) >= 11 is 0. The van der Waals surface area contributed by atoms with Crippen molar-refractivity contribution in [3.63, 3.8) is 0 Å². The van der Waals surface area contributed by atoms with E-state index in [1.165, 1.54) is 24.3 Å². The third kappa shape index (κ3) is 4.85. The number of anilines is 2. The van der Waals surface area contributed by atoms with Gasteiger partial charge in [0.25, 0.3) is 5.91 Å². The van der Waals surface area contributed by atoms with E-state index in [0.717, 1.165) is 24.5 Å². The van der Waals surface area contributed by atoms with Gasteiger partial charge >= 0.3 is 0 Å². The molecule has 148 valence electrons. The van der Waals surface area contributed by atoms with Crippen LogP contribution in [0.15, 0.2) is 36.4 Å². The standard InChI is InChI=1S/C21H23F2N3O2/c22-15-5-7-17-14(12-15)9-11-26(21(17)28)10-3-1-2-4-20(27)25-19-8-6-16(23)13-18(19)24/h5-8,12-13H,1-4,9-11,24H2,(H,25,27). The molecule has 0 fully saturated rings. The Hall–Kier alpha value is -2.96. The van der Waals surface area contributed by atoms with Crippen molar-refractivity contribution in [1.29, 1.82) is 0 Å². The summed E-state index contributed by atoms with van der Waals surface area (Å²) < 4.78 is 26.3. The molecule has 1 aliphatic heterocycles. The summed E-state index contributed by atoms with van der Waals surface area (Å²) in [6.07, 6.45) is 3.24. The smallest absolute Gasteiger partial charge is 0.254 e. The van der Waals surface area contributed by atoms with Crippen molar-refractivity contribution in [3.8, 4) is 0 Å². The molecular weight excluding hydrogens is 364 g/mol. The van der Waals surface area contributed by atoms with Crippen molar-refractivity contribution in [2.75, 3.05) is 24.1 Å². The van der Waals surface area contributed by atoms with Gasteiger partial charge in [0.05, 0.1) is 11.4 Å². The number of hydrogen-bond donors (Lipinski definition) is 2. The van der Waals surface area contributed by atoms with Crippen LogP contribution >= 0.6 is 0 Å². The lowest BCUT2D eigenvalue weighted by Crippen LogP contribution is -2.38. The summed E-state index contributed by atoms with van der Waals surface area (Å²) in [5, 5.41) is 2.67. The maximum Gasteiger partial charge on any atom is 0.254 e. The average Bonchev–Trinajstić information content (AvgIpc) is 2.65. The summed E-state index contributed by atoms with van der Waals surface area (Å²) in [6.45, 7) is 1.20. The number of unbranched alkanes of at least 4 members (excludes halogenated alkanes) is 2. The van der Waals surface area contributed by atoms with Crippen LogP contribution in [0, 0.1) is 11.6 Å². The van der Waals surface area contributed by atoms with E-state index < -0.39 is 5.82 Å². The number of rotatable bonds is 7. The van der Waals surface area contributed by atoms with E-state index >= 15 is 0 Å². The fourth-order valence-corrected chi connectivity index (χ4v) is 3.34. The van der Waals surface area contributed by atoms with Crippen LogP contribution in [0.1, 0.15) is 41.6 Å². The van der Waals surface area contributed by atoms with E-state index in [-0.39, 0.29) is 23.3 Å².